The van der Waals surface area contributed by atoms with Crippen molar-refractivity contribution in [3.8, 4) is 5.75 Å². The Balaban J connectivity index is 1.52. The van der Waals surface area contributed by atoms with E-state index in [4.69, 9.17) is 4.74 Å². The number of hydrogen-bond acceptors (Lipinski definition) is 4. The monoisotopic (exact) mass is 417 g/mol. The summed E-state index contributed by atoms with van der Waals surface area (Å²) in [6, 6.07) is 15.8. The van der Waals surface area contributed by atoms with Crippen molar-refractivity contribution in [2.45, 2.75) is 25.1 Å². The fraction of sp³-hybridized carbons (Fsp3) is 0.208. The number of hydrogen-bond donors (Lipinski definition) is 0. The molecule has 7 heteroatoms. The van der Waals surface area contributed by atoms with Crippen molar-refractivity contribution < 1.29 is 18.7 Å². The van der Waals surface area contributed by atoms with E-state index in [0.717, 1.165) is 5.56 Å². The van der Waals surface area contributed by atoms with E-state index in [-0.39, 0.29) is 17.9 Å². The molecule has 1 saturated heterocycles. The summed E-state index contributed by atoms with van der Waals surface area (Å²) in [7, 11) is 0. The Labute approximate surface area is 178 Å². The SMILES string of the molecule is O=C1C2CC(CN2C(=O)c2ccc(F)cc2)Oc2ccccc2N1Cc1cccnc1. The second-order valence-electron chi connectivity index (χ2n) is 7.71. The second kappa shape index (κ2) is 7.83. The average molecular weight is 417 g/mol. The third-order valence-electron chi connectivity index (χ3n) is 5.68. The van der Waals surface area contributed by atoms with Crippen molar-refractivity contribution >= 4 is 17.5 Å². The van der Waals surface area contributed by atoms with Gasteiger partial charge in [-0.3, -0.25) is 14.6 Å². The first kappa shape index (κ1) is 19.2. The highest BCUT2D eigenvalue weighted by molar-refractivity contribution is 6.03. The van der Waals surface area contributed by atoms with E-state index in [1.807, 2.05) is 36.4 Å². The summed E-state index contributed by atoms with van der Waals surface area (Å²) in [5.41, 5.74) is 1.88. The molecule has 2 atom stereocenters. The number of carbonyl (C=O) groups excluding carboxylic acids is 2. The summed E-state index contributed by atoms with van der Waals surface area (Å²) < 4.78 is 19.5. The van der Waals surface area contributed by atoms with Gasteiger partial charge in [0.2, 0.25) is 5.91 Å². The highest BCUT2D eigenvalue weighted by Gasteiger charge is 2.45. The molecule has 1 aromatic heterocycles. The van der Waals surface area contributed by atoms with Crippen LogP contribution in [0.5, 0.6) is 5.75 Å². The second-order valence-corrected chi connectivity index (χ2v) is 7.71. The highest BCUT2D eigenvalue weighted by atomic mass is 19.1. The zero-order valence-electron chi connectivity index (χ0n) is 16.6. The molecular formula is C24H20FN3O3. The van der Waals surface area contributed by atoms with E-state index in [9.17, 15) is 14.0 Å². The number of fused-ring (bicyclic) bond motifs is 3. The first-order valence-electron chi connectivity index (χ1n) is 10.1. The number of para-hydroxylation sites is 2. The van der Waals surface area contributed by atoms with Crippen molar-refractivity contribution in [3.05, 3.63) is 90.0 Å². The summed E-state index contributed by atoms with van der Waals surface area (Å²) in [6.45, 7) is 0.606. The predicted octanol–water partition coefficient (Wildman–Crippen LogP) is 3.43. The lowest BCUT2D eigenvalue weighted by Crippen LogP contribution is -2.47. The van der Waals surface area contributed by atoms with Crippen LogP contribution in [0.3, 0.4) is 0 Å². The fourth-order valence-corrected chi connectivity index (χ4v) is 4.19. The molecule has 0 saturated carbocycles. The lowest BCUT2D eigenvalue weighted by Gasteiger charge is -2.31. The first-order chi connectivity index (χ1) is 15.1. The largest absolute Gasteiger partial charge is 0.486 e. The number of rotatable bonds is 3. The Morgan fingerprint density at radius 1 is 1.10 bits per heavy atom. The van der Waals surface area contributed by atoms with Crippen molar-refractivity contribution in [1.29, 1.82) is 0 Å². The third-order valence-corrected chi connectivity index (χ3v) is 5.68. The summed E-state index contributed by atoms with van der Waals surface area (Å²) in [6.07, 6.45) is 3.51. The number of likely N-dealkylation sites (tertiary alicyclic amines) is 1. The van der Waals surface area contributed by atoms with Crippen molar-refractivity contribution in [3.63, 3.8) is 0 Å². The lowest BCUT2D eigenvalue weighted by atomic mass is 10.1. The molecule has 0 spiro atoms. The van der Waals surface area contributed by atoms with Crippen LogP contribution in [0.2, 0.25) is 0 Å². The molecule has 2 aliphatic rings. The van der Waals surface area contributed by atoms with Crippen LogP contribution < -0.4 is 9.64 Å². The van der Waals surface area contributed by atoms with Crippen LogP contribution in [-0.4, -0.2) is 40.4 Å². The van der Waals surface area contributed by atoms with Crippen LogP contribution in [0.25, 0.3) is 0 Å². The number of aromatic nitrogens is 1. The number of halogens is 1. The first-order valence-corrected chi connectivity index (χ1v) is 10.1. The average Bonchev–Trinajstić information content (AvgIpc) is 3.22. The third kappa shape index (κ3) is 3.63. The maximum absolute atomic E-state index is 13.7. The Kier molecular flexibility index (Phi) is 4.86. The molecule has 5 rings (SSSR count). The lowest BCUT2D eigenvalue weighted by molar-refractivity contribution is -0.122. The minimum absolute atomic E-state index is 0.169. The van der Waals surface area contributed by atoms with Crippen LogP contribution in [-0.2, 0) is 11.3 Å². The van der Waals surface area contributed by atoms with Gasteiger partial charge in [-0.1, -0.05) is 18.2 Å². The summed E-state index contributed by atoms with van der Waals surface area (Å²) in [5.74, 6) is -0.281. The molecule has 1 fully saturated rings. The molecule has 156 valence electrons. The van der Waals surface area contributed by atoms with Gasteiger partial charge in [-0.15, -0.1) is 0 Å². The van der Waals surface area contributed by atoms with E-state index in [1.54, 1.807) is 22.2 Å². The summed E-state index contributed by atoms with van der Waals surface area (Å²) >= 11 is 0. The molecule has 31 heavy (non-hydrogen) atoms. The smallest absolute Gasteiger partial charge is 0.254 e. The number of pyridine rings is 1. The minimum Gasteiger partial charge on any atom is -0.486 e. The van der Waals surface area contributed by atoms with Gasteiger partial charge in [0.25, 0.3) is 5.91 Å². The summed E-state index contributed by atoms with van der Waals surface area (Å²) in [5, 5.41) is 0. The molecule has 0 N–H and O–H groups in total. The normalized spacial score (nSPS) is 20.0. The fourth-order valence-electron chi connectivity index (χ4n) is 4.19. The van der Waals surface area contributed by atoms with Gasteiger partial charge in [0.1, 0.15) is 23.7 Å². The molecule has 0 radical (unpaired) electrons. The zero-order chi connectivity index (χ0) is 21.4. The van der Waals surface area contributed by atoms with Gasteiger partial charge in [-0.05, 0) is 48.0 Å². The minimum atomic E-state index is -0.660. The molecule has 2 bridgehead atoms. The highest BCUT2D eigenvalue weighted by Crippen LogP contribution is 2.37. The van der Waals surface area contributed by atoms with Crippen LogP contribution in [0.15, 0.2) is 73.1 Å². The van der Waals surface area contributed by atoms with Crippen LogP contribution in [0.1, 0.15) is 22.3 Å². The van der Waals surface area contributed by atoms with Crippen LogP contribution in [0, 0.1) is 5.82 Å². The van der Waals surface area contributed by atoms with E-state index in [0.29, 0.717) is 36.5 Å². The number of carbonyl (C=O) groups is 2. The Hall–Kier alpha value is -3.74. The van der Waals surface area contributed by atoms with E-state index in [2.05, 4.69) is 4.98 Å². The zero-order valence-corrected chi connectivity index (χ0v) is 16.6. The molecule has 2 amide bonds. The van der Waals surface area contributed by atoms with Crippen LogP contribution >= 0.6 is 0 Å². The molecule has 6 nitrogen and oxygen atoms in total. The number of benzene rings is 2. The van der Waals surface area contributed by atoms with E-state index < -0.39 is 11.9 Å². The maximum Gasteiger partial charge on any atom is 0.254 e. The van der Waals surface area contributed by atoms with Gasteiger partial charge in [-0.25, -0.2) is 4.39 Å². The van der Waals surface area contributed by atoms with Gasteiger partial charge in [0.15, 0.2) is 0 Å². The predicted molar refractivity (Wildman–Crippen MR) is 112 cm³/mol. The maximum atomic E-state index is 13.7. The molecule has 3 heterocycles. The van der Waals surface area contributed by atoms with Crippen LogP contribution in [0.4, 0.5) is 10.1 Å². The number of anilines is 1. The number of nitrogens with zero attached hydrogens (tertiary/aromatic N) is 3. The van der Waals surface area contributed by atoms with Crippen molar-refractivity contribution in [2.24, 2.45) is 0 Å². The molecule has 2 aromatic carbocycles. The number of ether oxygens (including phenoxy) is 1. The Morgan fingerprint density at radius 3 is 2.68 bits per heavy atom. The molecule has 3 aromatic rings. The Morgan fingerprint density at radius 2 is 1.90 bits per heavy atom. The van der Waals surface area contributed by atoms with Gasteiger partial charge in [0.05, 0.1) is 18.8 Å². The van der Waals surface area contributed by atoms with Gasteiger partial charge in [-0.2, -0.15) is 0 Å². The van der Waals surface area contributed by atoms with Gasteiger partial charge in [0, 0.05) is 24.4 Å². The number of amides is 2. The quantitative estimate of drug-likeness (QED) is 0.655. The van der Waals surface area contributed by atoms with Gasteiger partial charge >= 0.3 is 0 Å². The van der Waals surface area contributed by atoms with Crippen molar-refractivity contribution in [1.82, 2.24) is 9.88 Å². The van der Waals surface area contributed by atoms with Crippen molar-refractivity contribution in [2.75, 3.05) is 11.4 Å². The molecule has 2 unspecified atom stereocenters. The van der Waals surface area contributed by atoms with E-state index >= 15 is 0 Å². The molecular weight excluding hydrogens is 397 g/mol. The van der Waals surface area contributed by atoms with Gasteiger partial charge < -0.3 is 14.5 Å². The summed E-state index contributed by atoms with van der Waals surface area (Å²) in [4.78, 5) is 34.2. The van der Waals surface area contributed by atoms with E-state index in [1.165, 1.54) is 24.3 Å². The topological polar surface area (TPSA) is 62.7 Å². The molecule has 2 aliphatic heterocycles. The molecule has 0 aliphatic carbocycles. The Bertz CT molecular complexity index is 1120. The standard InChI is InChI=1S/C24H20FN3O3/c25-18-9-7-17(8-10-18)23(29)28-15-19-12-21(28)24(30)27(14-16-4-3-11-26-13-16)20-5-1-2-6-22(20)31-19/h1-11,13,19,21H,12,14-15H2.